The molecule has 0 aliphatic carbocycles. The van der Waals surface area contributed by atoms with Crippen LogP contribution in [0.2, 0.25) is 0 Å². The Morgan fingerprint density at radius 3 is 2.32 bits per heavy atom. The van der Waals surface area contributed by atoms with E-state index in [0.29, 0.717) is 5.92 Å². The van der Waals surface area contributed by atoms with Crippen LogP contribution in [0.4, 0.5) is 0 Å². The summed E-state index contributed by atoms with van der Waals surface area (Å²) in [5, 5.41) is 11.1. The minimum atomic E-state index is 0.411. The number of aromatic nitrogens is 2. The van der Waals surface area contributed by atoms with Crippen molar-refractivity contribution in [3.05, 3.63) is 60.3 Å². The van der Waals surface area contributed by atoms with Gasteiger partial charge in [0.2, 0.25) is 0 Å². The Morgan fingerprint density at radius 1 is 0.789 bits per heavy atom. The molecule has 3 aromatic rings. The highest BCUT2D eigenvalue weighted by atomic mass is 15.1. The Labute approximate surface area is 113 Å². The highest BCUT2D eigenvalue weighted by molar-refractivity contribution is 5.95. The molecule has 0 bridgehead atoms. The third-order valence-corrected chi connectivity index (χ3v) is 3.34. The summed E-state index contributed by atoms with van der Waals surface area (Å²) in [6, 6.07) is 18.8. The minimum absolute atomic E-state index is 0.411. The summed E-state index contributed by atoms with van der Waals surface area (Å²) in [7, 11) is 0. The quantitative estimate of drug-likeness (QED) is 0.671. The number of hydrogen-bond donors (Lipinski definition) is 0. The van der Waals surface area contributed by atoms with Crippen LogP contribution >= 0.6 is 0 Å². The van der Waals surface area contributed by atoms with E-state index in [9.17, 15) is 0 Å². The molecular formula is C17H16N2. The van der Waals surface area contributed by atoms with E-state index in [2.05, 4.69) is 78.6 Å². The SMILES string of the molecule is CC(C)c1ccc(-c2cccc3ccccc23)nn1. The molecule has 2 heteroatoms. The summed E-state index contributed by atoms with van der Waals surface area (Å²) in [5.41, 5.74) is 3.10. The van der Waals surface area contributed by atoms with E-state index >= 15 is 0 Å². The third-order valence-electron chi connectivity index (χ3n) is 3.34. The van der Waals surface area contributed by atoms with Crippen LogP contribution in [0.1, 0.15) is 25.5 Å². The van der Waals surface area contributed by atoms with E-state index in [1.165, 1.54) is 10.8 Å². The highest BCUT2D eigenvalue weighted by Gasteiger charge is 2.06. The van der Waals surface area contributed by atoms with E-state index in [0.717, 1.165) is 17.0 Å². The lowest BCUT2D eigenvalue weighted by Crippen LogP contribution is -1.96. The van der Waals surface area contributed by atoms with Crippen LogP contribution in [-0.4, -0.2) is 10.2 Å². The molecule has 0 saturated carbocycles. The number of fused-ring (bicyclic) bond motifs is 1. The molecule has 0 amide bonds. The van der Waals surface area contributed by atoms with Crippen molar-refractivity contribution in [1.82, 2.24) is 10.2 Å². The first-order valence-corrected chi connectivity index (χ1v) is 6.57. The summed E-state index contributed by atoms with van der Waals surface area (Å²) in [6.45, 7) is 4.25. The third kappa shape index (κ3) is 2.22. The van der Waals surface area contributed by atoms with Gasteiger partial charge in [-0.05, 0) is 28.8 Å². The van der Waals surface area contributed by atoms with Crippen LogP contribution < -0.4 is 0 Å². The number of benzene rings is 2. The molecule has 0 radical (unpaired) electrons. The maximum atomic E-state index is 4.37. The van der Waals surface area contributed by atoms with Crippen molar-refractivity contribution in [1.29, 1.82) is 0 Å². The number of hydrogen-bond acceptors (Lipinski definition) is 2. The Hall–Kier alpha value is -2.22. The zero-order chi connectivity index (χ0) is 13.2. The maximum absolute atomic E-state index is 4.37. The zero-order valence-corrected chi connectivity index (χ0v) is 11.2. The molecule has 2 nitrogen and oxygen atoms in total. The second-order valence-corrected chi connectivity index (χ2v) is 5.02. The normalized spacial score (nSPS) is 11.1. The molecule has 2 aromatic carbocycles. The molecule has 94 valence electrons. The van der Waals surface area contributed by atoms with E-state index < -0.39 is 0 Å². The Morgan fingerprint density at radius 2 is 1.58 bits per heavy atom. The molecule has 0 fully saturated rings. The maximum Gasteiger partial charge on any atom is 0.0936 e. The summed E-state index contributed by atoms with van der Waals surface area (Å²) in [5.74, 6) is 0.411. The second-order valence-electron chi connectivity index (χ2n) is 5.02. The van der Waals surface area contributed by atoms with Gasteiger partial charge in [-0.1, -0.05) is 56.3 Å². The van der Waals surface area contributed by atoms with Gasteiger partial charge >= 0.3 is 0 Å². The van der Waals surface area contributed by atoms with E-state index in [1.807, 2.05) is 0 Å². The van der Waals surface area contributed by atoms with Crippen LogP contribution in [0.15, 0.2) is 54.6 Å². The van der Waals surface area contributed by atoms with Gasteiger partial charge in [-0.3, -0.25) is 0 Å². The summed E-state index contributed by atoms with van der Waals surface area (Å²) in [6.07, 6.45) is 0. The molecule has 0 saturated heterocycles. The van der Waals surface area contributed by atoms with Gasteiger partial charge in [0.25, 0.3) is 0 Å². The smallest absolute Gasteiger partial charge is 0.0936 e. The molecule has 1 aromatic heterocycles. The molecule has 0 atom stereocenters. The first-order valence-electron chi connectivity index (χ1n) is 6.57. The standard InChI is InChI=1S/C17H16N2/c1-12(2)16-10-11-17(19-18-16)15-9-5-7-13-6-3-4-8-14(13)15/h3-12H,1-2H3. The van der Waals surface area contributed by atoms with Crippen LogP contribution in [-0.2, 0) is 0 Å². The minimum Gasteiger partial charge on any atom is -0.155 e. The Kier molecular flexibility index (Phi) is 3.00. The summed E-state index contributed by atoms with van der Waals surface area (Å²) < 4.78 is 0. The van der Waals surface area contributed by atoms with Gasteiger partial charge in [0.1, 0.15) is 0 Å². The van der Waals surface area contributed by atoms with Gasteiger partial charge in [0.15, 0.2) is 0 Å². The van der Waals surface area contributed by atoms with Crippen molar-refractivity contribution in [2.75, 3.05) is 0 Å². The zero-order valence-electron chi connectivity index (χ0n) is 11.2. The van der Waals surface area contributed by atoms with Gasteiger partial charge in [-0.2, -0.15) is 10.2 Å². The van der Waals surface area contributed by atoms with Crippen molar-refractivity contribution >= 4 is 10.8 Å². The van der Waals surface area contributed by atoms with Crippen LogP contribution in [0.3, 0.4) is 0 Å². The van der Waals surface area contributed by atoms with Gasteiger partial charge in [-0.15, -0.1) is 0 Å². The highest BCUT2D eigenvalue weighted by Crippen LogP contribution is 2.27. The second kappa shape index (κ2) is 4.81. The monoisotopic (exact) mass is 248 g/mol. The van der Waals surface area contributed by atoms with E-state index in [-0.39, 0.29) is 0 Å². The fourth-order valence-electron chi connectivity index (χ4n) is 2.24. The molecule has 1 heterocycles. The lowest BCUT2D eigenvalue weighted by atomic mass is 10.0. The van der Waals surface area contributed by atoms with Crippen molar-refractivity contribution in [2.45, 2.75) is 19.8 Å². The van der Waals surface area contributed by atoms with Gasteiger partial charge in [-0.25, -0.2) is 0 Å². The van der Waals surface area contributed by atoms with Gasteiger partial charge < -0.3 is 0 Å². The average Bonchev–Trinajstić information content (AvgIpc) is 2.47. The van der Waals surface area contributed by atoms with Crippen molar-refractivity contribution in [3.8, 4) is 11.3 Å². The largest absolute Gasteiger partial charge is 0.155 e. The lowest BCUT2D eigenvalue weighted by Gasteiger charge is -2.07. The molecule has 0 N–H and O–H groups in total. The summed E-state index contributed by atoms with van der Waals surface area (Å²) >= 11 is 0. The van der Waals surface area contributed by atoms with Crippen molar-refractivity contribution in [3.63, 3.8) is 0 Å². The Balaban J connectivity index is 2.14. The molecule has 0 spiro atoms. The van der Waals surface area contributed by atoms with Crippen LogP contribution in [0, 0.1) is 0 Å². The molecule has 19 heavy (non-hydrogen) atoms. The predicted molar refractivity (Wildman–Crippen MR) is 79.1 cm³/mol. The predicted octanol–water partition coefficient (Wildman–Crippen LogP) is 4.42. The fourth-order valence-corrected chi connectivity index (χ4v) is 2.24. The number of rotatable bonds is 2. The first-order chi connectivity index (χ1) is 9.25. The fraction of sp³-hybridized carbons (Fsp3) is 0.176. The van der Waals surface area contributed by atoms with E-state index in [4.69, 9.17) is 0 Å². The molecule has 3 rings (SSSR count). The van der Waals surface area contributed by atoms with Gasteiger partial charge in [0, 0.05) is 5.56 Å². The van der Waals surface area contributed by atoms with E-state index in [1.54, 1.807) is 0 Å². The van der Waals surface area contributed by atoms with Crippen molar-refractivity contribution in [2.24, 2.45) is 0 Å². The Bertz CT molecular complexity index is 695. The summed E-state index contributed by atoms with van der Waals surface area (Å²) in [4.78, 5) is 0. The number of nitrogens with zero attached hydrogens (tertiary/aromatic N) is 2. The average molecular weight is 248 g/mol. The molecule has 0 aliphatic heterocycles. The lowest BCUT2D eigenvalue weighted by molar-refractivity contribution is 0.787. The first kappa shape index (κ1) is 11.8. The topological polar surface area (TPSA) is 25.8 Å². The van der Waals surface area contributed by atoms with Gasteiger partial charge in [0.05, 0.1) is 11.4 Å². The molecular weight excluding hydrogens is 232 g/mol. The van der Waals surface area contributed by atoms with Crippen LogP contribution in [0.25, 0.3) is 22.0 Å². The van der Waals surface area contributed by atoms with Crippen LogP contribution in [0.5, 0.6) is 0 Å². The molecule has 0 aliphatic rings. The van der Waals surface area contributed by atoms with Crippen molar-refractivity contribution < 1.29 is 0 Å². The molecule has 0 unspecified atom stereocenters.